The highest BCUT2D eigenvalue weighted by atomic mass is 16.5. The second kappa shape index (κ2) is 9.34. The molecule has 1 saturated heterocycles. The number of benzene rings is 4. The molecular formula is C32H33N3O. The summed E-state index contributed by atoms with van der Waals surface area (Å²) in [6, 6.07) is 24.6. The van der Waals surface area contributed by atoms with Crippen molar-refractivity contribution in [3.05, 3.63) is 89.7 Å². The van der Waals surface area contributed by atoms with Gasteiger partial charge in [-0.25, -0.2) is 0 Å². The Morgan fingerprint density at radius 1 is 0.806 bits per heavy atom. The van der Waals surface area contributed by atoms with Gasteiger partial charge in [0.2, 0.25) is 0 Å². The fraction of sp³-hybridized carbons (Fsp3) is 0.344. The Kier molecular flexibility index (Phi) is 5.72. The van der Waals surface area contributed by atoms with Crippen LogP contribution in [-0.2, 0) is 17.7 Å². The smallest absolute Gasteiger partial charge is 0.0668 e. The van der Waals surface area contributed by atoms with Crippen LogP contribution in [0.5, 0.6) is 0 Å². The minimum absolute atomic E-state index is 0.634. The van der Waals surface area contributed by atoms with Crippen LogP contribution >= 0.6 is 0 Å². The van der Waals surface area contributed by atoms with Crippen molar-refractivity contribution in [1.29, 1.82) is 0 Å². The number of hydrogen-bond acceptors (Lipinski definition) is 3. The first-order valence-corrected chi connectivity index (χ1v) is 13.5. The average Bonchev–Trinajstić information content (AvgIpc) is 3.35. The van der Waals surface area contributed by atoms with Crippen molar-refractivity contribution in [3.8, 4) is 0 Å². The summed E-state index contributed by atoms with van der Waals surface area (Å²) in [7, 11) is 0. The number of fused-ring (bicyclic) bond motifs is 6. The fourth-order valence-corrected chi connectivity index (χ4v) is 6.53. The average molecular weight is 476 g/mol. The van der Waals surface area contributed by atoms with Crippen LogP contribution in [-0.4, -0.2) is 47.5 Å². The van der Waals surface area contributed by atoms with Gasteiger partial charge in [0.25, 0.3) is 0 Å². The standard InChI is InChI=1S/C32H33N3O/c1-2-8-26-23(5-1)11-12-30-28-9-3-7-25(27(28)13-14-29(26)30)22-35-32-10-4-6-24(31(32)21-33-35)15-16-34-17-19-36-20-18-34/h1-3,5,7-9,11-14,21,24H,4,6,10,15-20,22H2. The normalized spacial score (nSPS) is 18.7. The highest BCUT2D eigenvalue weighted by Gasteiger charge is 2.25. The van der Waals surface area contributed by atoms with E-state index in [1.807, 2.05) is 0 Å². The third-order valence-corrected chi connectivity index (χ3v) is 8.48. The molecule has 7 rings (SSSR count). The minimum atomic E-state index is 0.634. The summed E-state index contributed by atoms with van der Waals surface area (Å²) in [5.41, 5.74) is 4.30. The monoisotopic (exact) mass is 475 g/mol. The molecule has 0 saturated carbocycles. The number of ether oxygens (including phenoxy) is 1. The fourth-order valence-electron chi connectivity index (χ4n) is 6.53. The molecule has 4 heteroatoms. The number of nitrogens with zero attached hydrogens (tertiary/aromatic N) is 3. The van der Waals surface area contributed by atoms with Crippen LogP contribution in [0.3, 0.4) is 0 Å². The molecule has 1 unspecified atom stereocenters. The van der Waals surface area contributed by atoms with E-state index in [4.69, 9.17) is 9.84 Å². The Morgan fingerprint density at radius 2 is 1.58 bits per heavy atom. The summed E-state index contributed by atoms with van der Waals surface area (Å²) in [6.45, 7) is 5.91. The molecule has 1 fully saturated rings. The SMILES string of the molecule is c1ccc2c(c1)ccc1c3cccc(Cn4ncc5c4CCCC5CCN4CCOCC4)c3ccc21. The third kappa shape index (κ3) is 3.89. The van der Waals surface area contributed by atoms with E-state index in [1.165, 1.54) is 74.9 Å². The first-order chi connectivity index (χ1) is 17.8. The van der Waals surface area contributed by atoms with Crippen molar-refractivity contribution in [2.75, 3.05) is 32.8 Å². The Balaban J connectivity index is 1.20. The molecule has 4 aromatic carbocycles. The molecule has 1 aliphatic carbocycles. The Bertz CT molecular complexity index is 1550. The Morgan fingerprint density at radius 3 is 2.53 bits per heavy atom. The van der Waals surface area contributed by atoms with E-state index in [0.29, 0.717) is 5.92 Å². The van der Waals surface area contributed by atoms with Crippen LogP contribution < -0.4 is 0 Å². The molecule has 0 radical (unpaired) electrons. The van der Waals surface area contributed by atoms with E-state index in [2.05, 4.69) is 82.5 Å². The quantitative estimate of drug-likeness (QED) is 0.271. The van der Waals surface area contributed by atoms with Gasteiger partial charge in [-0.3, -0.25) is 9.58 Å². The lowest BCUT2D eigenvalue weighted by atomic mass is 9.84. The second-order valence-corrected chi connectivity index (χ2v) is 10.5. The lowest BCUT2D eigenvalue weighted by molar-refractivity contribution is 0.0363. The summed E-state index contributed by atoms with van der Waals surface area (Å²) in [5.74, 6) is 0.634. The molecule has 36 heavy (non-hydrogen) atoms. The van der Waals surface area contributed by atoms with Crippen LogP contribution in [0.2, 0.25) is 0 Å². The van der Waals surface area contributed by atoms with Crippen LogP contribution in [0.4, 0.5) is 0 Å². The summed E-state index contributed by atoms with van der Waals surface area (Å²) < 4.78 is 7.81. The van der Waals surface area contributed by atoms with Crippen molar-refractivity contribution in [2.45, 2.75) is 38.1 Å². The van der Waals surface area contributed by atoms with E-state index in [9.17, 15) is 0 Å². The van der Waals surface area contributed by atoms with Crippen molar-refractivity contribution in [3.63, 3.8) is 0 Å². The van der Waals surface area contributed by atoms with Gasteiger partial charge in [-0.1, -0.05) is 66.7 Å². The molecular weight excluding hydrogens is 442 g/mol. The molecule has 0 spiro atoms. The summed E-state index contributed by atoms with van der Waals surface area (Å²) in [4.78, 5) is 2.56. The van der Waals surface area contributed by atoms with Crippen LogP contribution in [0, 0.1) is 0 Å². The molecule has 0 amide bonds. The van der Waals surface area contributed by atoms with Crippen LogP contribution in [0.15, 0.2) is 72.9 Å². The minimum Gasteiger partial charge on any atom is -0.379 e. The van der Waals surface area contributed by atoms with Gasteiger partial charge < -0.3 is 4.74 Å². The summed E-state index contributed by atoms with van der Waals surface area (Å²) in [6.07, 6.45) is 7.10. The highest BCUT2D eigenvalue weighted by molar-refractivity contribution is 6.17. The van der Waals surface area contributed by atoms with Gasteiger partial charge >= 0.3 is 0 Å². The Hall–Kier alpha value is -3.21. The number of aromatic nitrogens is 2. The van der Waals surface area contributed by atoms with E-state index < -0.39 is 0 Å². The maximum Gasteiger partial charge on any atom is 0.0668 e. The van der Waals surface area contributed by atoms with E-state index in [1.54, 1.807) is 0 Å². The van der Waals surface area contributed by atoms with Crippen LogP contribution in [0.25, 0.3) is 32.3 Å². The Labute approximate surface area is 212 Å². The van der Waals surface area contributed by atoms with E-state index >= 15 is 0 Å². The first-order valence-electron chi connectivity index (χ1n) is 13.5. The molecule has 4 nitrogen and oxygen atoms in total. The molecule has 0 N–H and O–H groups in total. The molecule has 1 aliphatic heterocycles. The zero-order chi connectivity index (χ0) is 23.9. The van der Waals surface area contributed by atoms with Gasteiger partial charge in [0.05, 0.1) is 26.0 Å². The number of hydrogen-bond donors (Lipinski definition) is 0. The summed E-state index contributed by atoms with van der Waals surface area (Å²) in [5, 5.41) is 12.9. The lowest BCUT2D eigenvalue weighted by Crippen LogP contribution is -2.37. The van der Waals surface area contributed by atoms with Gasteiger partial charge in [-0.15, -0.1) is 0 Å². The maximum atomic E-state index is 5.53. The van der Waals surface area contributed by atoms with Gasteiger partial charge in [0.15, 0.2) is 0 Å². The predicted octanol–water partition coefficient (Wildman–Crippen LogP) is 6.53. The number of morpholine rings is 1. The molecule has 1 aromatic heterocycles. The van der Waals surface area contributed by atoms with Crippen molar-refractivity contribution in [1.82, 2.24) is 14.7 Å². The maximum absolute atomic E-state index is 5.53. The molecule has 5 aromatic rings. The predicted molar refractivity (Wildman–Crippen MR) is 148 cm³/mol. The van der Waals surface area contributed by atoms with Gasteiger partial charge in [-0.2, -0.15) is 5.10 Å². The largest absolute Gasteiger partial charge is 0.379 e. The van der Waals surface area contributed by atoms with E-state index in [-0.39, 0.29) is 0 Å². The lowest BCUT2D eigenvalue weighted by Gasteiger charge is -2.29. The molecule has 0 bridgehead atoms. The van der Waals surface area contributed by atoms with Crippen LogP contribution in [0.1, 0.15) is 42.0 Å². The van der Waals surface area contributed by atoms with E-state index in [0.717, 1.165) is 39.3 Å². The zero-order valence-electron chi connectivity index (χ0n) is 20.8. The van der Waals surface area contributed by atoms with Crippen molar-refractivity contribution >= 4 is 32.3 Å². The first kappa shape index (κ1) is 22.0. The van der Waals surface area contributed by atoms with Crippen molar-refractivity contribution in [2.24, 2.45) is 0 Å². The number of rotatable bonds is 5. The molecule has 182 valence electrons. The topological polar surface area (TPSA) is 30.3 Å². The van der Waals surface area contributed by atoms with Gasteiger partial charge in [0.1, 0.15) is 0 Å². The van der Waals surface area contributed by atoms with Crippen molar-refractivity contribution < 1.29 is 4.74 Å². The second-order valence-electron chi connectivity index (χ2n) is 10.5. The highest BCUT2D eigenvalue weighted by Crippen LogP contribution is 2.36. The van der Waals surface area contributed by atoms with Gasteiger partial charge in [-0.05, 0) is 81.6 Å². The zero-order valence-corrected chi connectivity index (χ0v) is 20.8. The summed E-state index contributed by atoms with van der Waals surface area (Å²) >= 11 is 0. The molecule has 2 heterocycles. The molecule has 2 aliphatic rings. The third-order valence-electron chi connectivity index (χ3n) is 8.48. The molecule has 1 atom stereocenters. The van der Waals surface area contributed by atoms with Gasteiger partial charge in [0, 0.05) is 18.8 Å².